The second-order valence-electron chi connectivity index (χ2n) is 5.81. The fourth-order valence-corrected chi connectivity index (χ4v) is 4.65. The van der Waals surface area contributed by atoms with Crippen molar-refractivity contribution < 1.29 is 0 Å². The molecule has 0 amide bonds. The molecular weight excluding hydrogens is 282 g/mol. The van der Waals surface area contributed by atoms with Gasteiger partial charge in [0.2, 0.25) is 0 Å². The zero-order valence-corrected chi connectivity index (χ0v) is 15.2. The largest absolute Gasteiger partial charge is 0.378 e. The Hall–Kier alpha value is -1.80. The normalized spacial score (nSPS) is 10.8. The van der Waals surface area contributed by atoms with E-state index in [2.05, 4.69) is 88.0 Å². The first-order chi connectivity index (χ1) is 10.6. The summed E-state index contributed by atoms with van der Waals surface area (Å²) in [5.41, 5.74) is 4.72. The second kappa shape index (κ2) is 7.46. The third-order valence-corrected chi connectivity index (χ3v) is 7.08. The van der Waals surface area contributed by atoms with Crippen molar-refractivity contribution in [2.24, 2.45) is 0 Å². The van der Waals surface area contributed by atoms with Crippen molar-refractivity contribution in [1.82, 2.24) is 0 Å². The maximum absolute atomic E-state index is 4.28. The smallest absolute Gasteiger partial charge is 0.0850 e. The van der Waals surface area contributed by atoms with E-state index in [-0.39, 0.29) is 8.80 Å². The molecule has 2 aromatic rings. The van der Waals surface area contributed by atoms with Crippen molar-refractivity contribution in [3.05, 3.63) is 66.2 Å². The zero-order chi connectivity index (χ0) is 16.1. The molecule has 115 valence electrons. The summed E-state index contributed by atoms with van der Waals surface area (Å²) in [6.45, 7) is 8.88. The summed E-state index contributed by atoms with van der Waals surface area (Å²) in [4.78, 5) is 2.11. The van der Waals surface area contributed by atoms with Crippen LogP contribution in [0.5, 0.6) is 0 Å². The molecule has 0 unspecified atom stereocenters. The minimum absolute atomic E-state index is 0.357. The molecule has 1 nitrogen and oxygen atoms in total. The minimum Gasteiger partial charge on any atom is -0.378 e. The Morgan fingerprint density at radius 1 is 0.864 bits per heavy atom. The van der Waals surface area contributed by atoms with E-state index < -0.39 is 0 Å². The molecule has 0 aliphatic heterocycles. The molecule has 0 aliphatic rings. The number of hydrogen-bond acceptors (Lipinski definition) is 1. The van der Waals surface area contributed by atoms with Crippen molar-refractivity contribution in [2.75, 3.05) is 19.0 Å². The van der Waals surface area contributed by atoms with Crippen LogP contribution in [0.2, 0.25) is 12.1 Å². The van der Waals surface area contributed by atoms with Crippen LogP contribution < -0.4 is 10.1 Å². The summed E-state index contributed by atoms with van der Waals surface area (Å²) >= 11 is 0. The first kappa shape index (κ1) is 16.6. The van der Waals surface area contributed by atoms with E-state index in [1.54, 1.807) is 0 Å². The molecule has 0 saturated carbocycles. The first-order valence-electron chi connectivity index (χ1n) is 7.99. The molecule has 0 atom stereocenters. The van der Waals surface area contributed by atoms with E-state index in [1.807, 2.05) is 0 Å². The maximum Gasteiger partial charge on any atom is 0.0850 e. The number of hydrogen-bond donors (Lipinski definition) is 0. The van der Waals surface area contributed by atoms with Gasteiger partial charge in [0.15, 0.2) is 0 Å². The van der Waals surface area contributed by atoms with Gasteiger partial charge in [-0.2, -0.15) is 0 Å². The van der Waals surface area contributed by atoms with Gasteiger partial charge in [-0.05, 0) is 28.8 Å². The standard InChI is InChI=1S/C20H26NSi/c1-6-22(7-2)20-14-10-18(11-15-20)16(3)17-8-12-19(13-9-17)21(4)5/h8-15H,3,6-7H2,1-2,4-5H3. The van der Waals surface area contributed by atoms with E-state index in [9.17, 15) is 0 Å². The predicted molar refractivity (Wildman–Crippen MR) is 102 cm³/mol. The average molecular weight is 309 g/mol. The molecule has 0 aliphatic carbocycles. The van der Waals surface area contributed by atoms with E-state index in [1.165, 1.54) is 34.1 Å². The highest BCUT2D eigenvalue weighted by atomic mass is 28.3. The molecule has 0 N–H and O–H groups in total. The molecule has 1 radical (unpaired) electrons. The molecule has 0 heterocycles. The average Bonchev–Trinajstić information content (AvgIpc) is 2.56. The molecule has 2 rings (SSSR count). The van der Waals surface area contributed by atoms with Gasteiger partial charge in [0.05, 0.1) is 8.80 Å². The van der Waals surface area contributed by atoms with Crippen LogP contribution in [0.1, 0.15) is 25.0 Å². The lowest BCUT2D eigenvalue weighted by molar-refractivity contribution is 1.13. The van der Waals surface area contributed by atoms with E-state index in [0.29, 0.717) is 0 Å². The van der Waals surface area contributed by atoms with E-state index in [0.717, 1.165) is 5.57 Å². The fraction of sp³-hybridized carbons (Fsp3) is 0.300. The molecule has 0 spiro atoms. The third kappa shape index (κ3) is 3.69. The lowest BCUT2D eigenvalue weighted by Crippen LogP contribution is -2.27. The van der Waals surface area contributed by atoms with Crippen molar-refractivity contribution in [1.29, 1.82) is 0 Å². The minimum atomic E-state index is -0.357. The van der Waals surface area contributed by atoms with Gasteiger partial charge in [0.1, 0.15) is 0 Å². The van der Waals surface area contributed by atoms with Crippen LogP contribution in [0.25, 0.3) is 5.57 Å². The van der Waals surface area contributed by atoms with Gasteiger partial charge in [0, 0.05) is 19.8 Å². The Morgan fingerprint density at radius 2 is 1.32 bits per heavy atom. The molecular formula is C20H26NSi. The molecule has 0 aromatic heterocycles. The van der Waals surface area contributed by atoms with Crippen LogP contribution in [0, 0.1) is 0 Å². The van der Waals surface area contributed by atoms with Crippen LogP contribution >= 0.6 is 0 Å². The number of benzene rings is 2. The van der Waals surface area contributed by atoms with Crippen LogP contribution in [0.15, 0.2) is 55.1 Å². The van der Waals surface area contributed by atoms with E-state index >= 15 is 0 Å². The summed E-state index contributed by atoms with van der Waals surface area (Å²) in [5.74, 6) is 0. The number of rotatable bonds is 6. The number of nitrogens with zero attached hydrogens (tertiary/aromatic N) is 1. The van der Waals surface area contributed by atoms with Crippen molar-refractivity contribution in [3.8, 4) is 0 Å². The predicted octanol–water partition coefficient (Wildman–Crippen LogP) is 4.56. The van der Waals surface area contributed by atoms with Crippen LogP contribution in [0.3, 0.4) is 0 Å². The summed E-state index contributed by atoms with van der Waals surface area (Å²) in [6.07, 6.45) is 0. The monoisotopic (exact) mass is 308 g/mol. The Labute approximate surface area is 136 Å². The van der Waals surface area contributed by atoms with Gasteiger partial charge in [-0.25, -0.2) is 0 Å². The molecule has 0 fully saturated rings. The van der Waals surface area contributed by atoms with Gasteiger partial charge >= 0.3 is 0 Å². The van der Waals surface area contributed by atoms with Gasteiger partial charge < -0.3 is 4.90 Å². The fourth-order valence-electron chi connectivity index (χ4n) is 2.69. The molecule has 2 heteroatoms. The third-order valence-electron chi connectivity index (χ3n) is 4.23. The number of anilines is 1. The van der Waals surface area contributed by atoms with Crippen molar-refractivity contribution in [3.63, 3.8) is 0 Å². The highest BCUT2D eigenvalue weighted by Crippen LogP contribution is 2.23. The zero-order valence-electron chi connectivity index (χ0n) is 14.2. The van der Waals surface area contributed by atoms with Gasteiger partial charge in [-0.15, -0.1) is 0 Å². The molecule has 0 bridgehead atoms. The lowest BCUT2D eigenvalue weighted by Gasteiger charge is -2.14. The van der Waals surface area contributed by atoms with Crippen LogP contribution in [-0.2, 0) is 0 Å². The Balaban J connectivity index is 2.19. The SMILES string of the molecule is C=C(c1ccc(N(C)C)cc1)c1ccc([Si](CC)CC)cc1. The first-order valence-corrected chi connectivity index (χ1v) is 9.90. The molecule has 22 heavy (non-hydrogen) atoms. The highest BCUT2D eigenvalue weighted by Gasteiger charge is 2.10. The quantitative estimate of drug-likeness (QED) is 0.707. The van der Waals surface area contributed by atoms with Gasteiger partial charge in [-0.1, -0.05) is 74.1 Å². The topological polar surface area (TPSA) is 3.24 Å². The summed E-state index contributed by atoms with van der Waals surface area (Å²) in [7, 11) is 3.76. The summed E-state index contributed by atoms with van der Waals surface area (Å²) in [6, 6.07) is 20.3. The van der Waals surface area contributed by atoms with Gasteiger partial charge in [-0.3, -0.25) is 0 Å². The molecule has 0 saturated heterocycles. The maximum atomic E-state index is 4.28. The summed E-state index contributed by atoms with van der Waals surface area (Å²) in [5, 5.41) is 1.54. The molecule has 2 aromatic carbocycles. The Kier molecular flexibility index (Phi) is 5.61. The van der Waals surface area contributed by atoms with Crippen molar-refractivity contribution >= 4 is 25.2 Å². The lowest BCUT2D eigenvalue weighted by atomic mass is 9.99. The van der Waals surface area contributed by atoms with Crippen molar-refractivity contribution in [2.45, 2.75) is 25.9 Å². The Bertz CT molecular complexity index is 607. The van der Waals surface area contributed by atoms with E-state index in [4.69, 9.17) is 0 Å². The van der Waals surface area contributed by atoms with Gasteiger partial charge in [0.25, 0.3) is 0 Å². The van der Waals surface area contributed by atoms with Crippen LogP contribution in [-0.4, -0.2) is 22.9 Å². The van der Waals surface area contributed by atoms with Crippen LogP contribution in [0.4, 0.5) is 5.69 Å². The Morgan fingerprint density at radius 3 is 1.73 bits per heavy atom. The highest BCUT2D eigenvalue weighted by molar-refractivity contribution is 6.73. The summed E-state index contributed by atoms with van der Waals surface area (Å²) < 4.78 is 0. The second-order valence-corrected chi connectivity index (χ2v) is 9.01.